The van der Waals surface area contributed by atoms with Crippen LogP contribution in [0.3, 0.4) is 0 Å². The quantitative estimate of drug-likeness (QED) is 0.431. The SMILES string of the molecule is N#N.O=C=O.O=O.[203Fe].[Ar]. The fourth-order valence-corrected chi connectivity index (χ4v) is 0. The van der Waals surface area contributed by atoms with Crippen LogP contribution in [0.1, 0.15) is 0 Å². The van der Waals surface area contributed by atoms with E-state index in [9.17, 15) is 0 Å². The van der Waals surface area contributed by atoms with Crippen LogP contribution in [0.15, 0.2) is 0 Å². The van der Waals surface area contributed by atoms with Gasteiger partial charge in [0.25, 0.3) is 0 Å². The Hall–Kier alpha value is 0.179. The topological polar surface area (TPSA) is 116 Å². The molecular weight excluding hydrogens is 347 g/mol. The fraction of sp³-hybridized carbons (Fsp3) is 0. The van der Waals surface area contributed by atoms with Crippen LogP contribution in [0.25, 0.3) is 0 Å². The number of carbonyl (C=O) groups excluding carboxylic acids is 2. The number of hydrogen-bond acceptors (Lipinski definition) is 6. The molecule has 0 radical (unpaired) electrons. The third kappa shape index (κ3) is 9720. The van der Waals surface area contributed by atoms with Crippen LogP contribution in [0.4, 0.5) is 0 Å². The first kappa shape index (κ1) is 35.2. The smallest absolute Gasteiger partial charge is 0.186 e. The standard InChI is InChI=1S/CO2.Ar.Fe.N2.O2/c2-1-3;;;2*1-2/i;;1+107;;. The third-order valence-electron chi connectivity index (χ3n) is 0. The normalized spacial score (nSPS) is 1.56. The molecule has 0 unspecified atom stereocenters. The van der Waals surface area contributed by atoms with E-state index in [0.717, 1.165) is 0 Å². The van der Waals surface area contributed by atoms with Crippen molar-refractivity contribution < 1.29 is 64.4 Å². The Morgan fingerprint density at radius 2 is 1.00 bits per heavy atom. The molecule has 0 rings (SSSR count). The van der Waals surface area contributed by atoms with Gasteiger partial charge in [-0.1, -0.05) is 0 Å². The molecule has 0 amide bonds. The maximum atomic E-state index is 8.12. The average molecular weight is 347 g/mol. The van der Waals surface area contributed by atoms with Gasteiger partial charge in [-0.3, -0.25) is 0 Å². The van der Waals surface area contributed by atoms with Crippen LogP contribution in [-0.4, -0.2) is 6.15 Å². The summed E-state index contributed by atoms with van der Waals surface area (Å²) in [5.74, 6) is 0. The monoisotopic (exact) mass is 347 g/mol. The van der Waals surface area contributed by atoms with Gasteiger partial charge >= 0.3 is 6.15 Å². The zero-order valence-electron chi connectivity index (χ0n) is 3.73. The third-order valence-corrected chi connectivity index (χ3v) is 0. The second kappa shape index (κ2) is 303. The van der Waals surface area contributed by atoms with Gasteiger partial charge in [0, 0.05) is 75.5 Å². The van der Waals surface area contributed by atoms with E-state index in [1.807, 2.05) is 0 Å². The Kier molecular flexibility index (Phi) is 1180. The second-order valence-corrected chi connectivity index (χ2v) is 0.0833. The van der Waals surface area contributed by atoms with Crippen molar-refractivity contribution in [2.45, 2.75) is 0 Å². The molecule has 0 N–H and O–H groups in total. The molecule has 0 aliphatic rings. The molecule has 54 valence electrons. The zero-order chi connectivity index (χ0) is 6.71. The molecule has 0 aliphatic carbocycles. The van der Waals surface area contributed by atoms with Crippen LogP contribution in [-0.2, 0) is 26.7 Å². The molecule has 8 heteroatoms. The van der Waals surface area contributed by atoms with Gasteiger partial charge in [-0.2, -0.15) is 9.59 Å². The Morgan fingerprint density at radius 3 is 1.00 bits per heavy atom. The van der Waals surface area contributed by atoms with Crippen LogP contribution < -0.4 is 0 Å². The Labute approximate surface area is 90.5 Å². The van der Waals surface area contributed by atoms with Crippen molar-refractivity contribution in [3.8, 4) is 0 Å². The minimum absolute atomic E-state index is 0. The summed E-state index contributed by atoms with van der Waals surface area (Å²) in [7, 11) is 0. The van der Waals surface area contributed by atoms with Crippen molar-refractivity contribution in [1.82, 2.24) is 0 Å². The summed E-state index contributed by atoms with van der Waals surface area (Å²) in [6.07, 6.45) is 0.250. The molecule has 0 saturated carbocycles. The molecule has 0 atom stereocenters. The molecule has 0 aromatic rings. The first-order valence-corrected chi connectivity index (χ1v) is 0.775. The summed E-state index contributed by atoms with van der Waals surface area (Å²) < 4.78 is 0. The van der Waals surface area contributed by atoms with Gasteiger partial charge in [0.1, 0.15) is 0 Å². The minimum atomic E-state index is 0. The summed E-state index contributed by atoms with van der Waals surface area (Å²) in [5.41, 5.74) is 0. The second-order valence-electron chi connectivity index (χ2n) is 0.0833. The van der Waals surface area contributed by atoms with Crippen molar-refractivity contribution in [2.75, 3.05) is 0 Å². The van der Waals surface area contributed by atoms with Gasteiger partial charge in [-0.15, -0.1) is 0 Å². The minimum Gasteiger partial charge on any atom is -0.186 e. The van der Waals surface area contributed by atoms with Crippen LogP contribution >= 0.6 is 0 Å². The van der Waals surface area contributed by atoms with Crippen molar-refractivity contribution in [2.24, 2.45) is 0 Å². The Morgan fingerprint density at radius 1 is 1.00 bits per heavy atom. The molecular formula is CArFeN2O4. The molecule has 0 bridgehead atoms. The van der Waals surface area contributed by atoms with Crippen molar-refractivity contribution in [3.05, 3.63) is 9.93 Å². The molecule has 0 aliphatic heterocycles. The Bertz CT molecular complexity index is 70.2. The van der Waals surface area contributed by atoms with Gasteiger partial charge in [0.15, 0.2) is 0 Å². The number of rotatable bonds is 0. The maximum absolute atomic E-state index is 8.12. The fourth-order valence-electron chi connectivity index (χ4n) is 0. The van der Waals surface area contributed by atoms with E-state index < -0.39 is 0 Å². The maximum Gasteiger partial charge on any atom is 0.373 e. The van der Waals surface area contributed by atoms with Crippen LogP contribution in [0.2, 0.25) is 0 Å². The number of nitrogens with zero attached hydrogens (tertiary/aromatic N) is 2. The Balaban J connectivity index is -0.00000000825. The summed E-state index contributed by atoms with van der Waals surface area (Å²) >= 11 is 0. The summed E-state index contributed by atoms with van der Waals surface area (Å²) in [5, 5.41) is 12.0. The molecule has 0 fully saturated rings. The first-order chi connectivity index (χ1) is 3.41. The predicted molar refractivity (Wildman–Crippen MR) is 15.2 cm³/mol. The largest absolute Gasteiger partial charge is 0.373 e. The van der Waals surface area contributed by atoms with Crippen molar-refractivity contribution >= 4 is 6.15 Å². The van der Waals surface area contributed by atoms with Crippen LogP contribution in [0.5, 0.6) is 0 Å². The zero-order valence-corrected chi connectivity index (χ0v) is 5.55. The van der Waals surface area contributed by atoms with E-state index in [1.165, 1.54) is 0 Å². The summed E-state index contributed by atoms with van der Waals surface area (Å²) in [6, 6.07) is 0. The molecule has 0 heterocycles. The van der Waals surface area contributed by atoms with Crippen LogP contribution in [0, 0.1) is 58.5 Å². The van der Waals surface area contributed by atoms with Gasteiger partial charge < -0.3 is 0 Å². The molecule has 0 spiro atoms. The van der Waals surface area contributed by atoms with Crippen molar-refractivity contribution in [1.29, 1.82) is 10.8 Å². The molecule has 0 saturated heterocycles. The average Bonchev–Trinajstić information content (AvgIpc) is 1.78. The predicted octanol–water partition coefficient (Wildman–Crippen LogP) is -0.489. The summed E-state index contributed by atoms with van der Waals surface area (Å²) in [6.45, 7) is 0. The van der Waals surface area contributed by atoms with E-state index >= 15 is 0 Å². The van der Waals surface area contributed by atoms with Gasteiger partial charge in [0.2, 0.25) is 0 Å². The molecule has 6 nitrogen and oxygen atoms in total. The number of hydrogen-bond donors (Lipinski definition) is 0. The van der Waals surface area contributed by atoms with Gasteiger partial charge in [-0.05, 0) is 0 Å². The van der Waals surface area contributed by atoms with E-state index in [1.54, 1.807) is 0 Å². The summed E-state index contributed by atoms with van der Waals surface area (Å²) in [4.78, 5) is 30.2. The van der Waals surface area contributed by atoms with E-state index in [0.29, 0.717) is 0 Å². The van der Waals surface area contributed by atoms with E-state index in [-0.39, 0.29) is 61.0 Å². The van der Waals surface area contributed by atoms with Gasteiger partial charge in [0.05, 0.1) is 0 Å². The van der Waals surface area contributed by atoms with Crippen molar-refractivity contribution in [3.63, 3.8) is 0 Å². The van der Waals surface area contributed by atoms with E-state index in [2.05, 4.69) is 0 Å². The first-order valence-electron chi connectivity index (χ1n) is 0.775. The molecule has 9 heavy (non-hydrogen) atoms. The molecule has 0 aromatic heterocycles. The molecule has 0 aromatic carbocycles. The van der Waals surface area contributed by atoms with E-state index in [4.69, 9.17) is 30.3 Å². The van der Waals surface area contributed by atoms with Gasteiger partial charge in [-0.25, -0.2) is 0 Å².